The first-order chi connectivity index (χ1) is 3.55. The molecule has 4 nitrogen and oxygen atoms in total. The predicted octanol–water partition coefficient (Wildman–Crippen LogP) is -0.799. The molecular formula is C4H10ClNO3. The van der Waals surface area contributed by atoms with E-state index in [0.29, 0.717) is 0 Å². The third-order valence-corrected chi connectivity index (χ3v) is 0.805. The van der Waals surface area contributed by atoms with E-state index in [1.165, 1.54) is 6.92 Å². The normalized spacial score (nSPS) is 15.4. The minimum atomic E-state index is -1.18. The number of aliphatic hydroxyl groups is 1. The largest absolute Gasteiger partial charge is 0.480 e. The average molecular weight is 156 g/mol. The van der Waals surface area contributed by atoms with Gasteiger partial charge in [0.05, 0.1) is 6.10 Å². The Bertz CT molecular complexity index is 95.8. The Hall–Kier alpha value is -0.320. The van der Waals surface area contributed by atoms with Crippen LogP contribution in [-0.4, -0.2) is 28.3 Å². The molecule has 1 unspecified atom stereocenters. The van der Waals surface area contributed by atoms with Crippen molar-refractivity contribution in [3.8, 4) is 0 Å². The highest BCUT2D eigenvalue weighted by Gasteiger charge is 2.16. The standard InChI is InChI=1S/C4H9NO3.ClH/c1-2(6)3(5)4(7)8;/h2-3,6H,5H2,1H3,(H,7,8);1H/t2?,3-;/m0./s1. The van der Waals surface area contributed by atoms with E-state index in [2.05, 4.69) is 0 Å². The van der Waals surface area contributed by atoms with Gasteiger partial charge < -0.3 is 15.9 Å². The minimum absolute atomic E-state index is 0. The van der Waals surface area contributed by atoms with Crippen molar-refractivity contribution >= 4 is 18.4 Å². The summed E-state index contributed by atoms with van der Waals surface area (Å²) < 4.78 is 0. The van der Waals surface area contributed by atoms with Crippen LogP contribution in [-0.2, 0) is 4.79 Å². The van der Waals surface area contributed by atoms with E-state index in [1.54, 1.807) is 0 Å². The fourth-order valence-corrected chi connectivity index (χ4v) is 0.206. The monoisotopic (exact) mass is 155 g/mol. The highest BCUT2D eigenvalue weighted by atomic mass is 35.5. The summed E-state index contributed by atoms with van der Waals surface area (Å²) in [5, 5.41) is 16.6. The molecule has 0 fully saturated rings. The first kappa shape index (κ1) is 11.5. The second-order valence-electron chi connectivity index (χ2n) is 1.60. The maximum absolute atomic E-state index is 9.86. The van der Waals surface area contributed by atoms with Crippen molar-refractivity contribution in [1.82, 2.24) is 0 Å². The van der Waals surface area contributed by atoms with Gasteiger partial charge in [-0.3, -0.25) is 4.79 Å². The lowest BCUT2D eigenvalue weighted by molar-refractivity contribution is -0.140. The van der Waals surface area contributed by atoms with Gasteiger partial charge in [-0.05, 0) is 6.92 Å². The van der Waals surface area contributed by atoms with Crippen molar-refractivity contribution in [3.63, 3.8) is 0 Å². The summed E-state index contributed by atoms with van der Waals surface area (Å²) in [5.74, 6) is -1.18. The van der Waals surface area contributed by atoms with Crippen LogP contribution in [0.5, 0.6) is 0 Å². The van der Waals surface area contributed by atoms with Crippen molar-refractivity contribution in [2.45, 2.75) is 19.1 Å². The van der Waals surface area contributed by atoms with E-state index in [1.807, 2.05) is 0 Å². The molecule has 0 heterocycles. The van der Waals surface area contributed by atoms with Gasteiger partial charge in [-0.15, -0.1) is 12.4 Å². The number of aliphatic carboxylic acids is 1. The highest BCUT2D eigenvalue weighted by molar-refractivity contribution is 5.85. The number of carbonyl (C=O) groups is 1. The molecule has 2 atom stereocenters. The molecule has 0 rings (SSSR count). The van der Waals surface area contributed by atoms with Crippen LogP contribution in [0.25, 0.3) is 0 Å². The van der Waals surface area contributed by atoms with E-state index < -0.39 is 18.1 Å². The average Bonchev–Trinajstić information content (AvgIpc) is 1.64. The van der Waals surface area contributed by atoms with Crippen LogP contribution >= 0.6 is 12.4 Å². The van der Waals surface area contributed by atoms with Crippen LogP contribution < -0.4 is 5.73 Å². The Balaban J connectivity index is 0. The molecule has 9 heavy (non-hydrogen) atoms. The van der Waals surface area contributed by atoms with Gasteiger partial charge >= 0.3 is 5.97 Å². The van der Waals surface area contributed by atoms with Gasteiger partial charge in [0, 0.05) is 0 Å². The second kappa shape index (κ2) is 4.55. The minimum Gasteiger partial charge on any atom is -0.480 e. The predicted molar refractivity (Wildman–Crippen MR) is 34.5 cm³/mol. The molecule has 0 saturated heterocycles. The molecule has 4 N–H and O–H groups in total. The Labute approximate surface area is 59.1 Å². The Morgan fingerprint density at radius 3 is 2.00 bits per heavy atom. The zero-order valence-electron chi connectivity index (χ0n) is 4.94. The van der Waals surface area contributed by atoms with Gasteiger partial charge in [-0.1, -0.05) is 0 Å². The van der Waals surface area contributed by atoms with Gasteiger partial charge in [0.25, 0.3) is 0 Å². The Morgan fingerprint density at radius 1 is 1.67 bits per heavy atom. The molecule has 0 amide bonds. The molecule has 0 aliphatic heterocycles. The number of carboxylic acid groups (broad SMARTS) is 1. The molecule has 0 aliphatic carbocycles. The molecule has 0 saturated carbocycles. The molecule has 0 aliphatic rings. The van der Waals surface area contributed by atoms with Crippen molar-refractivity contribution in [2.75, 3.05) is 0 Å². The molecule has 0 aromatic heterocycles. The van der Waals surface area contributed by atoms with Crippen LogP contribution in [0, 0.1) is 0 Å². The van der Waals surface area contributed by atoms with Gasteiger partial charge in [0.1, 0.15) is 6.04 Å². The van der Waals surface area contributed by atoms with E-state index in [0.717, 1.165) is 0 Å². The quantitative estimate of drug-likeness (QED) is 0.488. The van der Waals surface area contributed by atoms with Gasteiger partial charge in [-0.25, -0.2) is 0 Å². The molecule has 0 bridgehead atoms. The number of hydrogen-bond donors (Lipinski definition) is 3. The summed E-state index contributed by atoms with van der Waals surface area (Å²) in [7, 11) is 0. The zero-order chi connectivity index (χ0) is 6.73. The maximum Gasteiger partial charge on any atom is 0.323 e. The smallest absolute Gasteiger partial charge is 0.323 e. The van der Waals surface area contributed by atoms with Crippen molar-refractivity contribution < 1.29 is 15.0 Å². The highest BCUT2D eigenvalue weighted by Crippen LogP contribution is 1.85. The molecule has 0 aromatic rings. The summed E-state index contributed by atoms with van der Waals surface area (Å²) in [6, 6.07) is -1.16. The number of rotatable bonds is 2. The van der Waals surface area contributed by atoms with Gasteiger partial charge in [0.15, 0.2) is 0 Å². The third-order valence-electron chi connectivity index (χ3n) is 0.805. The molecule has 0 radical (unpaired) electrons. The SMILES string of the molecule is CC(O)[C@H](N)C(=O)O.Cl. The van der Waals surface area contributed by atoms with Crippen molar-refractivity contribution in [3.05, 3.63) is 0 Å². The number of hydrogen-bond acceptors (Lipinski definition) is 3. The molecular weight excluding hydrogens is 146 g/mol. The molecule has 56 valence electrons. The first-order valence-corrected chi connectivity index (χ1v) is 2.22. The number of aliphatic hydroxyl groups excluding tert-OH is 1. The van der Waals surface area contributed by atoms with E-state index in [9.17, 15) is 4.79 Å². The summed E-state index contributed by atoms with van der Waals surface area (Å²) in [4.78, 5) is 9.86. The molecule has 0 aromatic carbocycles. The third kappa shape index (κ3) is 4.20. The van der Waals surface area contributed by atoms with Crippen LogP contribution in [0.15, 0.2) is 0 Å². The van der Waals surface area contributed by atoms with E-state index in [-0.39, 0.29) is 12.4 Å². The number of halogens is 1. The van der Waals surface area contributed by atoms with Gasteiger partial charge in [0.2, 0.25) is 0 Å². The van der Waals surface area contributed by atoms with Gasteiger partial charge in [-0.2, -0.15) is 0 Å². The van der Waals surface area contributed by atoms with Crippen LogP contribution in [0.1, 0.15) is 6.92 Å². The fraction of sp³-hybridized carbons (Fsp3) is 0.750. The van der Waals surface area contributed by atoms with Crippen LogP contribution in [0.3, 0.4) is 0 Å². The fourth-order valence-electron chi connectivity index (χ4n) is 0.206. The van der Waals surface area contributed by atoms with Crippen molar-refractivity contribution in [1.29, 1.82) is 0 Å². The summed E-state index contributed by atoms with van der Waals surface area (Å²) in [6.07, 6.45) is -0.979. The Morgan fingerprint density at radius 2 is 2.00 bits per heavy atom. The van der Waals surface area contributed by atoms with Crippen LogP contribution in [0.4, 0.5) is 0 Å². The lowest BCUT2D eigenvalue weighted by Crippen LogP contribution is -2.39. The van der Waals surface area contributed by atoms with Crippen molar-refractivity contribution in [2.24, 2.45) is 5.73 Å². The first-order valence-electron chi connectivity index (χ1n) is 2.22. The summed E-state index contributed by atoms with van der Waals surface area (Å²) in [6.45, 7) is 1.33. The number of carboxylic acids is 1. The Kier molecular flexibility index (Phi) is 5.80. The zero-order valence-corrected chi connectivity index (χ0v) is 5.76. The number of nitrogens with two attached hydrogens (primary N) is 1. The lowest BCUT2D eigenvalue weighted by Gasteiger charge is -2.06. The van der Waals surface area contributed by atoms with Crippen LogP contribution in [0.2, 0.25) is 0 Å². The van der Waals surface area contributed by atoms with E-state index >= 15 is 0 Å². The topological polar surface area (TPSA) is 83.5 Å². The molecule has 0 spiro atoms. The summed E-state index contributed by atoms with van der Waals surface area (Å²) in [5.41, 5.74) is 4.91. The molecule has 5 heteroatoms. The lowest BCUT2D eigenvalue weighted by atomic mass is 10.2. The van der Waals surface area contributed by atoms with E-state index in [4.69, 9.17) is 15.9 Å². The second-order valence-corrected chi connectivity index (χ2v) is 1.60. The maximum atomic E-state index is 9.86. The summed E-state index contributed by atoms with van der Waals surface area (Å²) >= 11 is 0.